The summed E-state index contributed by atoms with van der Waals surface area (Å²) < 4.78 is 15.4. The van der Waals surface area contributed by atoms with Crippen LogP contribution in [-0.4, -0.2) is 44.1 Å². The first kappa shape index (κ1) is 19.1. The minimum absolute atomic E-state index is 0.193. The number of amides is 1. The third kappa shape index (κ3) is 4.45. The molecule has 1 aromatic carbocycles. The maximum absolute atomic E-state index is 12.3. The van der Waals surface area contributed by atoms with E-state index in [1.807, 2.05) is 6.92 Å². The molecule has 0 aliphatic heterocycles. The molecule has 0 heterocycles. The van der Waals surface area contributed by atoms with Crippen molar-refractivity contribution in [2.45, 2.75) is 26.2 Å². The van der Waals surface area contributed by atoms with Crippen LogP contribution >= 0.6 is 11.6 Å². The Morgan fingerprint density at radius 3 is 2.56 bits per heavy atom. The number of esters is 1. The van der Waals surface area contributed by atoms with Gasteiger partial charge in [0.05, 0.1) is 24.8 Å². The number of allylic oxidation sites excluding steroid dienone is 2. The van der Waals surface area contributed by atoms with E-state index in [0.29, 0.717) is 18.0 Å². The Labute approximate surface area is 152 Å². The normalized spacial score (nSPS) is 13.2. The predicted molar refractivity (Wildman–Crippen MR) is 94.2 cm³/mol. The standard InChI is InChI=1S/C18H22ClNO5/c1-4-20(13-7-5-6-8-13)16(21)11-25-18(22)12-9-14(19)17(24-3)15(10-12)23-2/h7,9-10H,4-6,8,11H2,1-3H3. The molecule has 0 N–H and O–H groups in total. The number of methoxy groups -OCH3 is 2. The Morgan fingerprint density at radius 1 is 1.24 bits per heavy atom. The molecular formula is C18H22ClNO5. The van der Waals surface area contributed by atoms with E-state index in [1.54, 1.807) is 4.90 Å². The summed E-state index contributed by atoms with van der Waals surface area (Å²) in [5, 5.41) is 0.228. The van der Waals surface area contributed by atoms with Crippen LogP contribution < -0.4 is 9.47 Å². The zero-order chi connectivity index (χ0) is 18.4. The molecule has 1 aromatic rings. The molecule has 0 unspecified atom stereocenters. The van der Waals surface area contributed by atoms with Crippen molar-refractivity contribution in [1.29, 1.82) is 0 Å². The van der Waals surface area contributed by atoms with Gasteiger partial charge in [0, 0.05) is 12.2 Å². The summed E-state index contributed by atoms with van der Waals surface area (Å²) in [6, 6.07) is 2.89. The second kappa shape index (κ2) is 8.76. The van der Waals surface area contributed by atoms with Gasteiger partial charge in [0.15, 0.2) is 18.1 Å². The van der Waals surface area contributed by atoms with Crippen LogP contribution in [0.25, 0.3) is 0 Å². The van der Waals surface area contributed by atoms with E-state index in [1.165, 1.54) is 26.4 Å². The molecule has 0 fully saturated rings. The number of rotatable bonds is 7. The molecule has 2 rings (SSSR count). The lowest BCUT2D eigenvalue weighted by molar-refractivity contribution is -0.132. The van der Waals surface area contributed by atoms with Crippen LogP contribution in [0.3, 0.4) is 0 Å². The van der Waals surface area contributed by atoms with Crippen LogP contribution in [0.4, 0.5) is 0 Å². The molecular weight excluding hydrogens is 346 g/mol. The van der Waals surface area contributed by atoms with Crippen molar-refractivity contribution in [1.82, 2.24) is 4.90 Å². The highest BCUT2D eigenvalue weighted by Gasteiger charge is 2.21. The largest absolute Gasteiger partial charge is 0.493 e. The molecule has 0 bridgehead atoms. The van der Waals surface area contributed by atoms with Crippen molar-refractivity contribution in [3.8, 4) is 11.5 Å². The minimum atomic E-state index is -0.646. The first-order chi connectivity index (χ1) is 12.0. The van der Waals surface area contributed by atoms with E-state index in [2.05, 4.69) is 6.08 Å². The van der Waals surface area contributed by atoms with Gasteiger partial charge in [-0.1, -0.05) is 17.7 Å². The summed E-state index contributed by atoms with van der Waals surface area (Å²) in [6.45, 7) is 2.12. The fourth-order valence-electron chi connectivity index (χ4n) is 2.76. The van der Waals surface area contributed by atoms with Crippen molar-refractivity contribution in [2.75, 3.05) is 27.4 Å². The van der Waals surface area contributed by atoms with Gasteiger partial charge in [0.2, 0.25) is 0 Å². The molecule has 0 aromatic heterocycles. The van der Waals surface area contributed by atoms with Gasteiger partial charge in [0.1, 0.15) is 0 Å². The number of likely N-dealkylation sites (N-methyl/N-ethyl adjacent to an activating group) is 1. The van der Waals surface area contributed by atoms with Gasteiger partial charge in [-0.2, -0.15) is 0 Å². The number of halogens is 1. The monoisotopic (exact) mass is 367 g/mol. The Hall–Kier alpha value is -2.21. The van der Waals surface area contributed by atoms with E-state index in [-0.39, 0.29) is 23.1 Å². The second-order valence-electron chi connectivity index (χ2n) is 5.50. The van der Waals surface area contributed by atoms with Gasteiger partial charge in [-0.05, 0) is 38.3 Å². The SMILES string of the molecule is CCN(C(=O)COC(=O)c1cc(Cl)c(OC)c(OC)c1)C1=CCCC1. The molecule has 0 atom stereocenters. The third-order valence-electron chi connectivity index (χ3n) is 3.98. The first-order valence-electron chi connectivity index (χ1n) is 8.09. The summed E-state index contributed by atoms with van der Waals surface area (Å²) in [6.07, 6.45) is 4.95. The van der Waals surface area contributed by atoms with Gasteiger partial charge in [0.25, 0.3) is 5.91 Å². The van der Waals surface area contributed by atoms with Crippen molar-refractivity contribution in [3.63, 3.8) is 0 Å². The molecule has 0 saturated heterocycles. The van der Waals surface area contributed by atoms with E-state index >= 15 is 0 Å². The fraction of sp³-hybridized carbons (Fsp3) is 0.444. The van der Waals surface area contributed by atoms with E-state index in [4.69, 9.17) is 25.8 Å². The molecule has 1 aliphatic rings. The van der Waals surface area contributed by atoms with Crippen LogP contribution in [0.1, 0.15) is 36.5 Å². The van der Waals surface area contributed by atoms with E-state index in [0.717, 1.165) is 25.0 Å². The van der Waals surface area contributed by atoms with Crippen LogP contribution in [0.5, 0.6) is 11.5 Å². The number of hydrogen-bond donors (Lipinski definition) is 0. The highest BCUT2D eigenvalue weighted by Crippen LogP contribution is 2.36. The first-order valence-corrected chi connectivity index (χ1v) is 8.47. The molecule has 0 spiro atoms. The van der Waals surface area contributed by atoms with Gasteiger partial charge < -0.3 is 19.1 Å². The Balaban J connectivity index is 2.04. The van der Waals surface area contributed by atoms with Gasteiger partial charge in [-0.25, -0.2) is 4.79 Å². The number of carbonyl (C=O) groups excluding carboxylic acids is 2. The lowest BCUT2D eigenvalue weighted by Gasteiger charge is -2.22. The minimum Gasteiger partial charge on any atom is -0.493 e. The number of nitrogens with zero attached hydrogens (tertiary/aromatic N) is 1. The van der Waals surface area contributed by atoms with Crippen LogP contribution in [0.15, 0.2) is 23.9 Å². The second-order valence-corrected chi connectivity index (χ2v) is 5.90. The molecule has 0 saturated carbocycles. The third-order valence-corrected chi connectivity index (χ3v) is 4.26. The van der Waals surface area contributed by atoms with E-state index < -0.39 is 5.97 Å². The van der Waals surface area contributed by atoms with Crippen molar-refractivity contribution in [3.05, 3.63) is 34.5 Å². The molecule has 1 aliphatic carbocycles. The van der Waals surface area contributed by atoms with Crippen molar-refractivity contribution in [2.24, 2.45) is 0 Å². The highest BCUT2D eigenvalue weighted by atomic mass is 35.5. The van der Waals surface area contributed by atoms with Gasteiger partial charge in [-0.15, -0.1) is 0 Å². The highest BCUT2D eigenvalue weighted by molar-refractivity contribution is 6.32. The number of carbonyl (C=O) groups is 2. The number of hydrogen-bond acceptors (Lipinski definition) is 5. The van der Waals surface area contributed by atoms with Crippen molar-refractivity contribution >= 4 is 23.5 Å². The maximum Gasteiger partial charge on any atom is 0.338 e. The molecule has 25 heavy (non-hydrogen) atoms. The summed E-state index contributed by atoms with van der Waals surface area (Å²) in [7, 11) is 2.90. The average Bonchev–Trinajstić information content (AvgIpc) is 3.13. The van der Waals surface area contributed by atoms with Gasteiger partial charge >= 0.3 is 5.97 Å². The Morgan fingerprint density at radius 2 is 2.00 bits per heavy atom. The van der Waals surface area contributed by atoms with Crippen LogP contribution in [0, 0.1) is 0 Å². The van der Waals surface area contributed by atoms with Crippen LogP contribution in [-0.2, 0) is 9.53 Å². The topological polar surface area (TPSA) is 65.1 Å². The van der Waals surface area contributed by atoms with Gasteiger partial charge in [-0.3, -0.25) is 4.79 Å². The number of benzene rings is 1. The predicted octanol–water partition coefficient (Wildman–Crippen LogP) is 3.43. The molecule has 1 amide bonds. The molecule has 0 radical (unpaired) electrons. The Bertz CT molecular complexity index is 686. The van der Waals surface area contributed by atoms with E-state index in [9.17, 15) is 9.59 Å². The summed E-state index contributed by atoms with van der Waals surface area (Å²) >= 11 is 6.08. The summed E-state index contributed by atoms with van der Waals surface area (Å²) in [5.74, 6) is -0.232. The Kier molecular flexibility index (Phi) is 6.70. The number of ether oxygens (including phenoxy) is 3. The fourth-order valence-corrected chi connectivity index (χ4v) is 3.05. The van der Waals surface area contributed by atoms with Crippen molar-refractivity contribution < 1.29 is 23.8 Å². The quantitative estimate of drug-likeness (QED) is 0.691. The zero-order valence-electron chi connectivity index (χ0n) is 14.6. The summed E-state index contributed by atoms with van der Waals surface area (Å²) in [4.78, 5) is 26.2. The zero-order valence-corrected chi connectivity index (χ0v) is 15.4. The molecule has 7 heteroatoms. The lowest BCUT2D eigenvalue weighted by Crippen LogP contribution is -2.33. The average molecular weight is 368 g/mol. The lowest BCUT2D eigenvalue weighted by atomic mass is 10.2. The summed E-state index contributed by atoms with van der Waals surface area (Å²) in [5.41, 5.74) is 1.19. The maximum atomic E-state index is 12.3. The molecule has 6 nitrogen and oxygen atoms in total. The smallest absolute Gasteiger partial charge is 0.338 e. The molecule has 136 valence electrons. The van der Waals surface area contributed by atoms with Crippen LogP contribution in [0.2, 0.25) is 5.02 Å².